The minimum absolute atomic E-state index is 0.152. The summed E-state index contributed by atoms with van der Waals surface area (Å²) < 4.78 is 32.5. The number of likely N-dealkylation sites (tertiary alicyclic amines) is 1. The van der Waals surface area contributed by atoms with Crippen molar-refractivity contribution in [1.29, 1.82) is 0 Å². The zero-order valence-corrected chi connectivity index (χ0v) is 16.7. The van der Waals surface area contributed by atoms with Gasteiger partial charge in [-0.3, -0.25) is 4.79 Å². The highest BCUT2D eigenvalue weighted by Crippen LogP contribution is 2.26. The third-order valence-corrected chi connectivity index (χ3v) is 7.19. The van der Waals surface area contributed by atoms with Gasteiger partial charge in [0.15, 0.2) is 9.84 Å². The molecule has 150 valence electrons. The van der Waals surface area contributed by atoms with E-state index in [4.69, 9.17) is 4.74 Å². The van der Waals surface area contributed by atoms with E-state index in [1.54, 1.807) is 41.7 Å². The van der Waals surface area contributed by atoms with Crippen molar-refractivity contribution in [2.75, 3.05) is 20.2 Å². The Balaban J connectivity index is 1.38. The van der Waals surface area contributed by atoms with Crippen LogP contribution >= 0.6 is 0 Å². The van der Waals surface area contributed by atoms with Gasteiger partial charge in [0.25, 0.3) is 5.91 Å². The predicted octanol–water partition coefficient (Wildman–Crippen LogP) is 2.24. The van der Waals surface area contributed by atoms with E-state index in [0.29, 0.717) is 17.9 Å². The third-order valence-electron chi connectivity index (χ3n) is 5.09. The summed E-state index contributed by atoms with van der Waals surface area (Å²) in [5, 5.41) is -0.583. The summed E-state index contributed by atoms with van der Waals surface area (Å²) in [6.07, 6.45) is 5.34. The summed E-state index contributed by atoms with van der Waals surface area (Å²) in [6.45, 7) is 1.08. The quantitative estimate of drug-likeness (QED) is 0.621. The molecule has 0 radical (unpaired) electrons. The number of amides is 1. The fourth-order valence-corrected chi connectivity index (χ4v) is 4.94. The van der Waals surface area contributed by atoms with Crippen LogP contribution in [0.3, 0.4) is 0 Å². The second kappa shape index (κ2) is 7.71. The lowest BCUT2D eigenvalue weighted by molar-refractivity contribution is 0.0659. The lowest BCUT2D eigenvalue weighted by atomic mass is 10.1. The zero-order valence-electron chi connectivity index (χ0n) is 15.9. The van der Waals surface area contributed by atoms with Crippen LogP contribution in [0.5, 0.6) is 5.75 Å². The second-order valence-corrected chi connectivity index (χ2v) is 9.21. The van der Waals surface area contributed by atoms with Crippen LogP contribution in [0, 0.1) is 0 Å². The molecule has 1 aliphatic rings. The first-order valence-corrected chi connectivity index (χ1v) is 10.7. The van der Waals surface area contributed by atoms with Gasteiger partial charge < -0.3 is 14.2 Å². The average molecular weight is 411 g/mol. The largest absolute Gasteiger partial charge is 0.497 e. The molecule has 0 aliphatic carbocycles. The minimum atomic E-state index is -3.47. The van der Waals surface area contributed by atoms with E-state index in [-0.39, 0.29) is 23.9 Å². The summed E-state index contributed by atoms with van der Waals surface area (Å²) >= 11 is 0. The summed E-state index contributed by atoms with van der Waals surface area (Å²) in [5.74, 6) is 0.450. The SMILES string of the molecule is COc1ccc(S(=O)(=O)C2CN(C(=O)c3ccc(Cn4ccnc4)cc3)C2)cc1. The van der Waals surface area contributed by atoms with Gasteiger partial charge >= 0.3 is 0 Å². The maximum absolute atomic E-state index is 12.7. The number of rotatable bonds is 6. The Morgan fingerprint density at radius 1 is 1.10 bits per heavy atom. The molecule has 0 bridgehead atoms. The van der Waals surface area contributed by atoms with E-state index in [9.17, 15) is 13.2 Å². The Morgan fingerprint density at radius 2 is 1.79 bits per heavy atom. The molecule has 1 aliphatic heterocycles. The van der Waals surface area contributed by atoms with Crippen LogP contribution in [0.4, 0.5) is 0 Å². The van der Waals surface area contributed by atoms with Gasteiger partial charge in [-0.2, -0.15) is 0 Å². The summed E-state index contributed by atoms with van der Waals surface area (Å²) in [6, 6.07) is 13.7. The van der Waals surface area contributed by atoms with E-state index in [1.807, 2.05) is 22.9 Å². The Bertz CT molecular complexity index is 1090. The number of carbonyl (C=O) groups is 1. The van der Waals surface area contributed by atoms with Gasteiger partial charge in [0.05, 0.1) is 18.3 Å². The second-order valence-electron chi connectivity index (χ2n) is 6.98. The van der Waals surface area contributed by atoms with E-state index >= 15 is 0 Å². The highest BCUT2D eigenvalue weighted by Gasteiger charge is 2.40. The van der Waals surface area contributed by atoms with E-state index in [1.165, 1.54) is 19.2 Å². The van der Waals surface area contributed by atoms with Gasteiger partial charge in [-0.05, 0) is 42.0 Å². The van der Waals surface area contributed by atoms with Crippen molar-refractivity contribution in [3.63, 3.8) is 0 Å². The molecule has 7 nitrogen and oxygen atoms in total. The Hall–Kier alpha value is -3.13. The fourth-order valence-electron chi connectivity index (χ4n) is 3.28. The van der Waals surface area contributed by atoms with Crippen LogP contribution < -0.4 is 4.74 Å². The van der Waals surface area contributed by atoms with Crippen LogP contribution in [0.25, 0.3) is 0 Å². The first kappa shape index (κ1) is 19.2. The van der Waals surface area contributed by atoms with Crippen LogP contribution in [0.1, 0.15) is 15.9 Å². The number of methoxy groups -OCH3 is 1. The fraction of sp³-hybridized carbons (Fsp3) is 0.238. The molecule has 0 unspecified atom stereocenters. The smallest absolute Gasteiger partial charge is 0.253 e. The lowest BCUT2D eigenvalue weighted by Gasteiger charge is -2.38. The number of aromatic nitrogens is 2. The Kier molecular flexibility index (Phi) is 5.10. The first-order valence-electron chi connectivity index (χ1n) is 9.19. The van der Waals surface area contributed by atoms with Crippen LogP contribution in [0.15, 0.2) is 72.1 Å². The standard InChI is InChI=1S/C21H21N3O4S/c1-28-18-6-8-19(9-7-18)29(26,27)20-13-24(14-20)21(25)17-4-2-16(3-5-17)12-23-11-10-22-15-23/h2-11,15,20H,12-14H2,1H3. The molecule has 1 aromatic heterocycles. The van der Waals surface area contributed by atoms with Crippen molar-refractivity contribution in [3.05, 3.63) is 78.4 Å². The van der Waals surface area contributed by atoms with Gasteiger partial charge in [-0.15, -0.1) is 0 Å². The summed E-state index contributed by atoms with van der Waals surface area (Å²) in [7, 11) is -1.94. The molecule has 0 saturated carbocycles. The first-order chi connectivity index (χ1) is 14.0. The van der Waals surface area contributed by atoms with Gasteiger partial charge in [0.2, 0.25) is 0 Å². The molecule has 2 aromatic carbocycles. The Morgan fingerprint density at radius 3 is 2.38 bits per heavy atom. The number of hydrogen-bond acceptors (Lipinski definition) is 5. The van der Waals surface area contributed by atoms with Crippen molar-refractivity contribution in [3.8, 4) is 5.75 Å². The number of ether oxygens (including phenoxy) is 1. The van der Waals surface area contributed by atoms with Crippen molar-refractivity contribution >= 4 is 15.7 Å². The summed E-state index contributed by atoms with van der Waals surface area (Å²) in [5.41, 5.74) is 1.61. The topological polar surface area (TPSA) is 81.5 Å². The van der Waals surface area contributed by atoms with Crippen LogP contribution in [-0.2, 0) is 16.4 Å². The van der Waals surface area contributed by atoms with E-state index < -0.39 is 15.1 Å². The maximum atomic E-state index is 12.7. The minimum Gasteiger partial charge on any atom is -0.497 e. The molecule has 29 heavy (non-hydrogen) atoms. The highest BCUT2D eigenvalue weighted by atomic mass is 32.2. The molecule has 1 fully saturated rings. The Labute approximate surface area is 169 Å². The van der Waals surface area contributed by atoms with Crippen molar-refractivity contribution in [2.24, 2.45) is 0 Å². The highest BCUT2D eigenvalue weighted by molar-refractivity contribution is 7.92. The number of sulfone groups is 1. The molecule has 1 saturated heterocycles. The molecular weight excluding hydrogens is 390 g/mol. The average Bonchev–Trinajstić information content (AvgIpc) is 3.20. The van der Waals surface area contributed by atoms with E-state index in [0.717, 1.165) is 5.56 Å². The van der Waals surface area contributed by atoms with E-state index in [2.05, 4.69) is 4.98 Å². The molecule has 3 aromatic rings. The van der Waals surface area contributed by atoms with Gasteiger partial charge in [0.1, 0.15) is 11.0 Å². The third kappa shape index (κ3) is 3.88. The number of benzene rings is 2. The molecule has 8 heteroatoms. The molecule has 0 N–H and O–H groups in total. The maximum Gasteiger partial charge on any atom is 0.253 e. The van der Waals surface area contributed by atoms with Gasteiger partial charge in [-0.25, -0.2) is 13.4 Å². The lowest BCUT2D eigenvalue weighted by Crippen LogP contribution is -2.56. The number of imidazole rings is 1. The molecule has 0 spiro atoms. The van der Waals surface area contributed by atoms with Crippen LogP contribution in [-0.4, -0.2) is 54.2 Å². The molecule has 2 heterocycles. The van der Waals surface area contributed by atoms with Gasteiger partial charge in [0, 0.05) is 37.6 Å². The van der Waals surface area contributed by atoms with Crippen molar-refractivity contribution < 1.29 is 17.9 Å². The molecular formula is C21H21N3O4S. The molecule has 4 rings (SSSR count). The van der Waals surface area contributed by atoms with Gasteiger partial charge in [-0.1, -0.05) is 12.1 Å². The zero-order chi connectivity index (χ0) is 20.4. The monoisotopic (exact) mass is 411 g/mol. The molecule has 1 amide bonds. The van der Waals surface area contributed by atoms with Crippen LogP contribution in [0.2, 0.25) is 0 Å². The summed E-state index contributed by atoms with van der Waals surface area (Å²) in [4.78, 5) is 18.5. The van der Waals surface area contributed by atoms with Crippen molar-refractivity contribution in [1.82, 2.24) is 14.5 Å². The number of hydrogen-bond donors (Lipinski definition) is 0. The predicted molar refractivity (Wildman–Crippen MR) is 108 cm³/mol. The normalized spacial score (nSPS) is 14.4. The number of nitrogens with zero attached hydrogens (tertiary/aromatic N) is 3. The van der Waals surface area contributed by atoms with Crippen molar-refractivity contribution in [2.45, 2.75) is 16.7 Å². The molecule has 0 atom stereocenters. The number of carbonyl (C=O) groups excluding carboxylic acids is 1.